The molecule has 0 radical (unpaired) electrons. The van der Waals surface area contributed by atoms with Crippen LogP contribution in [0.5, 0.6) is 11.5 Å². The van der Waals surface area contributed by atoms with Crippen molar-refractivity contribution in [2.24, 2.45) is 5.41 Å². The second-order valence-corrected chi connectivity index (χ2v) is 7.99. The average Bonchev–Trinajstić information content (AvgIpc) is 3.20. The topological polar surface area (TPSA) is 65.4 Å². The van der Waals surface area contributed by atoms with E-state index in [2.05, 4.69) is 23.6 Å². The van der Waals surface area contributed by atoms with Crippen LogP contribution in [0.2, 0.25) is 0 Å². The summed E-state index contributed by atoms with van der Waals surface area (Å²) in [5.41, 5.74) is 3.61. The molecule has 1 spiro atoms. The van der Waals surface area contributed by atoms with Crippen LogP contribution >= 0.6 is 0 Å². The molecule has 30 heavy (non-hydrogen) atoms. The largest absolute Gasteiger partial charge is 0.457 e. The molecule has 3 aromatic carbocycles. The van der Waals surface area contributed by atoms with E-state index in [1.165, 1.54) is 0 Å². The summed E-state index contributed by atoms with van der Waals surface area (Å²) in [4.78, 5) is 14.5. The van der Waals surface area contributed by atoms with Gasteiger partial charge >= 0.3 is 0 Å². The predicted molar refractivity (Wildman–Crippen MR) is 115 cm³/mol. The Morgan fingerprint density at radius 1 is 0.967 bits per heavy atom. The molecule has 1 amide bonds. The SMILES string of the molecule is N#CN1CCC2(Cc3ccc(-c4ccc(Oc5ccccc5)cc4)cc3NC2=O)C1. The van der Waals surface area contributed by atoms with E-state index in [9.17, 15) is 4.79 Å². The maximum Gasteiger partial charge on any atom is 0.232 e. The molecule has 0 bridgehead atoms. The molecule has 5 nitrogen and oxygen atoms in total. The average molecular weight is 395 g/mol. The van der Waals surface area contributed by atoms with Gasteiger partial charge in [-0.3, -0.25) is 4.79 Å². The molecule has 2 heterocycles. The first kappa shape index (κ1) is 18.3. The Hall–Kier alpha value is -3.78. The minimum atomic E-state index is -0.485. The highest BCUT2D eigenvalue weighted by atomic mass is 16.5. The number of rotatable bonds is 3. The zero-order valence-corrected chi connectivity index (χ0v) is 16.5. The minimum absolute atomic E-state index is 0.0245. The van der Waals surface area contributed by atoms with Gasteiger partial charge in [-0.05, 0) is 59.9 Å². The van der Waals surface area contributed by atoms with Crippen LogP contribution in [0, 0.1) is 16.9 Å². The molecule has 0 saturated carbocycles. The summed E-state index contributed by atoms with van der Waals surface area (Å²) in [6.45, 7) is 1.15. The van der Waals surface area contributed by atoms with Crippen molar-refractivity contribution >= 4 is 11.6 Å². The number of nitrogens with zero attached hydrogens (tertiary/aromatic N) is 2. The Kier molecular flexibility index (Phi) is 4.40. The van der Waals surface area contributed by atoms with Gasteiger partial charge in [-0.15, -0.1) is 0 Å². The number of benzene rings is 3. The second kappa shape index (κ2) is 7.23. The van der Waals surface area contributed by atoms with Gasteiger partial charge in [0.1, 0.15) is 11.5 Å². The van der Waals surface area contributed by atoms with Gasteiger partial charge in [0.05, 0.1) is 5.41 Å². The number of likely N-dealkylation sites (tertiary alicyclic amines) is 1. The highest BCUT2D eigenvalue weighted by Crippen LogP contribution is 2.41. The molecule has 3 aromatic rings. The highest BCUT2D eigenvalue weighted by molar-refractivity contribution is 5.99. The summed E-state index contributed by atoms with van der Waals surface area (Å²) >= 11 is 0. The van der Waals surface area contributed by atoms with E-state index in [1.807, 2.05) is 60.7 Å². The number of amides is 1. The first-order chi connectivity index (χ1) is 14.6. The number of para-hydroxylation sites is 1. The van der Waals surface area contributed by atoms with Crippen LogP contribution in [-0.4, -0.2) is 23.9 Å². The number of nitrogens with one attached hydrogen (secondary N) is 1. The lowest BCUT2D eigenvalue weighted by Gasteiger charge is -2.33. The van der Waals surface area contributed by atoms with Gasteiger partial charge in [0.15, 0.2) is 6.19 Å². The van der Waals surface area contributed by atoms with Gasteiger partial charge in [-0.1, -0.05) is 42.5 Å². The number of carbonyl (C=O) groups is 1. The van der Waals surface area contributed by atoms with Crippen LogP contribution in [-0.2, 0) is 11.2 Å². The molecule has 1 atom stereocenters. The summed E-state index contributed by atoms with van der Waals surface area (Å²) in [5, 5.41) is 12.3. The second-order valence-electron chi connectivity index (χ2n) is 7.99. The van der Waals surface area contributed by atoms with Gasteiger partial charge in [-0.2, -0.15) is 5.26 Å². The molecule has 1 unspecified atom stereocenters. The van der Waals surface area contributed by atoms with Gasteiger partial charge in [-0.25, -0.2) is 0 Å². The van der Waals surface area contributed by atoms with E-state index in [-0.39, 0.29) is 5.91 Å². The van der Waals surface area contributed by atoms with Crippen LogP contribution in [0.1, 0.15) is 12.0 Å². The lowest BCUT2D eigenvalue weighted by atomic mass is 9.76. The van der Waals surface area contributed by atoms with Crippen molar-refractivity contribution in [2.45, 2.75) is 12.8 Å². The van der Waals surface area contributed by atoms with Gasteiger partial charge in [0.2, 0.25) is 5.91 Å². The molecule has 0 aromatic heterocycles. The number of ether oxygens (including phenoxy) is 1. The van der Waals surface area contributed by atoms with E-state index in [4.69, 9.17) is 10.00 Å². The smallest absolute Gasteiger partial charge is 0.232 e. The summed E-state index contributed by atoms with van der Waals surface area (Å²) in [7, 11) is 0. The van der Waals surface area contributed by atoms with Crippen LogP contribution in [0.15, 0.2) is 72.8 Å². The van der Waals surface area contributed by atoms with Crippen molar-refractivity contribution in [2.75, 3.05) is 18.4 Å². The molecular formula is C25H21N3O2. The lowest BCUT2D eigenvalue weighted by Crippen LogP contribution is -2.43. The number of nitriles is 1. The Balaban J connectivity index is 1.36. The van der Waals surface area contributed by atoms with Crippen LogP contribution in [0.25, 0.3) is 11.1 Å². The molecule has 1 fully saturated rings. The van der Waals surface area contributed by atoms with E-state index in [0.717, 1.165) is 40.3 Å². The Labute approximate surface area is 175 Å². The third kappa shape index (κ3) is 3.27. The Morgan fingerprint density at radius 2 is 1.70 bits per heavy atom. The van der Waals surface area contributed by atoms with Gasteiger partial charge < -0.3 is 15.0 Å². The zero-order chi connectivity index (χ0) is 20.6. The predicted octanol–water partition coefficient (Wildman–Crippen LogP) is 4.81. The Bertz CT molecular complexity index is 1140. The fourth-order valence-corrected chi connectivity index (χ4v) is 4.35. The van der Waals surface area contributed by atoms with Crippen LogP contribution in [0.3, 0.4) is 0 Å². The summed E-state index contributed by atoms with van der Waals surface area (Å²) in [6, 6.07) is 23.8. The minimum Gasteiger partial charge on any atom is -0.457 e. The van der Waals surface area contributed by atoms with Crippen molar-refractivity contribution in [3.05, 3.63) is 78.4 Å². The fourth-order valence-electron chi connectivity index (χ4n) is 4.35. The van der Waals surface area contributed by atoms with Gasteiger partial charge in [0.25, 0.3) is 0 Å². The number of hydrogen-bond donors (Lipinski definition) is 1. The Morgan fingerprint density at radius 3 is 2.43 bits per heavy atom. The van der Waals surface area contributed by atoms with E-state index in [0.29, 0.717) is 19.5 Å². The van der Waals surface area contributed by atoms with E-state index < -0.39 is 5.41 Å². The summed E-state index contributed by atoms with van der Waals surface area (Å²) in [5.74, 6) is 1.61. The summed E-state index contributed by atoms with van der Waals surface area (Å²) < 4.78 is 5.86. The normalized spacial score (nSPS) is 19.8. The van der Waals surface area contributed by atoms with Crippen molar-refractivity contribution in [3.63, 3.8) is 0 Å². The number of hydrogen-bond acceptors (Lipinski definition) is 4. The van der Waals surface area contributed by atoms with Gasteiger partial charge in [0, 0.05) is 18.8 Å². The molecule has 148 valence electrons. The number of anilines is 1. The lowest BCUT2D eigenvalue weighted by molar-refractivity contribution is -0.125. The molecule has 5 rings (SSSR count). The highest BCUT2D eigenvalue weighted by Gasteiger charge is 2.47. The maximum absolute atomic E-state index is 12.8. The molecule has 2 aliphatic heterocycles. The monoisotopic (exact) mass is 395 g/mol. The molecule has 5 heteroatoms. The first-order valence-electron chi connectivity index (χ1n) is 10.1. The first-order valence-corrected chi connectivity index (χ1v) is 10.1. The fraction of sp³-hybridized carbons (Fsp3) is 0.200. The van der Waals surface area contributed by atoms with Crippen LogP contribution in [0.4, 0.5) is 5.69 Å². The van der Waals surface area contributed by atoms with Crippen molar-refractivity contribution in [1.82, 2.24) is 4.90 Å². The third-order valence-corrected chi connectivity index (χ3v) is 6.03. The van der Waals surface area contributed by atoms with Crippen molar-refractivity contribution in [1.29, 1.82) is 5.26 Å². The molecular weight excluding hydrogens is 374 g/mol. The quantitative estimate of drug-likeness (QED) is 0.646. The maximum atomic E-state index is 12.8. The molecule has 2 aliphatic rings. The molecule has 0 aliphatic carbocycles. The third-order valence-electron chi connectivity index (χ3n) is 6.03. The van der Waals surface area contributed by atoms with E-state index in [1.54, 1.807) is 4.90 Å². The van der Waals surface area contributed by atoms with E-state index >= 15 is 0 Å². The summed E-state index contributed by atoms with van der Waals surface area (Å²) in [6.07, 6.45) is 3.57. The van der Waals surface area contributed by atoms with Crippen molar-refractivity contribution < 1.29 is 9.53 Å². The molecule has 1 saturated heterocycles. The molecule has 1 N–H and O–H groups in total. The number of fused-ring (bicyclic) bond motifs is 1. The number of carbonyl (C=O) groups excluding carboxylic acids is 1. The standard InChI is InChI=1S/C25H21N3O2/c26-17-28-13-12-25(16-28)15-20-7-6-19(14-23(20)27-24(25)29)18-8-10-22(11-9-18)30-21-4-2-1-3-5-21/h1-11,14H,12-13,15-16H2,(H,27,29). The van der Waals surface area contributed by atoms with Crippen LogP contribution < -0.4 is 10.1 Å². The zero-order valence-electron chi connectivity index (χ0n) is 16.5. The van der Waals surface area contributed by atoms with Crippen molar-refractivity contribution in [3.8, 4) is 28.8 Å².